The Labute approximate surface area is 130 Å². The fourth-order valence-electron chi connectivity index (χ4n) is 2.92. The largest absolute Gasteiger partial charge is 0.342 e. The normalized spacial score (nSPS) is 16.4. The molecule has 1 fully saturated rings. The fourth-order valence-corrected chi connectivity index (χ4v) is 3.05. The standard InChI is InChI=1S/C16H20ClN3O/c17-14-7-5-13(6-8-14)16(12-3-1-2-4-12)20-11-15(21)19-10-9-18/h5-8,12,16,20H,1-4,10-11H2,(H,19,21)/t16-/m1/s1. The van der Waals surface area contributed by atoms with E-state index in [0.717, 1.165) is 5.02 Å². The second-order valence-corrected chi connectivity index (χ2v) is 5.83. The summed E-state index contributed by atoms with van der Waals surface area (Å²) in [6.07, 6.45) is 4.86. The molecule has 1 aromatic rings. The zero-order chi connectivity index (χ0) is 15.1. The Morgan fingerprint density at radius 2 is 2.00 bits per heavy atom. The summed E-state index contributed by atoms with van der Waals surface area (Å²) in [5, 5.41) is 15.1. The number of carbonyl (C=O) groups excluding carboxylic acids is 1. The van der Waals surface area contributed by atoms with E-state index in [4.69, 9.17) is 16.9 Å². The van der Waals surface area contributed by atoms with Crippen LogP contribution in [0.1, 0.15) is 37.3 Å². The van der Waals surface area contributed by atoms with Crippen LogP contribution in [-0.2, 0) is 4.79 Å². The van der Waals surface area contributed by atoms with Crippen molar-refractivity contribution in [2.75, 3.05) is 13.1 Å². The Morgan fingerprint density at radius 1 is 1.33 bits per heavy atom. The molecule has 0 saturated heterocycles. The molecule has 1 aliphatic carbocycles. The van der Waals surface area contributed by atoms with E-state index in [1.807, 2.05) is 30.3 Å². The van der Waals surface area contributed by atoms with Crippen LogP contribution >= 0.6 is 11.6 Å². The summed E-state index contributed by atoms with van der Waals surface area (Å²) in [6, 6.07) is 9.88. The van der Waals surface area contributed by atoms with E-state index in [1.165, 1.54) is 31.2 Å². The van der Waals surface area contributed by atoms with Gasteiger partial charge in [-0.2, -0.15) is 5.26 Å². The molecule has 1 aliphatic rings. The number of rotatable bonds is 6. The van der Waals surface area contributed by atoms with E-state index in [9.17, 15) is 4.79 Å². The summed E-state index contributed by atoms with van der Waals surface area (Å²) < 4.78 is 0. The molecule has 2 rings (SSSR count). The van der Waals surface area contributed by atoms with Crippen molar-refractivity contribution in [3.05, 3.63) is 34.9 Å². The maximum atomic E-state index is 11.7. The molecule has 1 aromatic carbocycles. The third-order valence-corrected chi connectivity index (χ3v) is 4.20. The maximum Gasteiger partial charge on any atom is 0.234 e. The van der Waals surface area contributed by atoms with Gasteiger partial charge in [-0.3, -0.25) is 4.79 Å². The molecule has 2 N–H and O–H groups in total. The van der Waals surface area contributed by atoms with Gasteiger partial charge in [0.05, 0.1) is 12.6 Å². The number of benzene rings is 1. The first kappa shape index (κ1) is 15.8. The topological polar surface area (TPSA) is 64.9 Å². The summed E-state index contributed by atoms with van der Waals surface area (Å²) in [5.74, 6) is 0.406. The SMILES string of the molecule is N#CCNC(=O)CN[C@@H](c1ccc(Cl)cc1)C1CCCC1. The number of hydrogen-bond acceptors (Lipinski definition) is 3. The lowest BCUT2D eigenvalue weighted by atomic mass is 9.91. The van der Waals surface area contributed by atoms with E-state index in [-0.39, 0.29) is 25.0 Å². The van der Waals surface area contributed by atoms with Gasteiger partial charge in [0.25, 0.3) is 0 Å². The highest BCUT2D eigenvalue weighted by atomic mass is 35.5. The monoisotopic (exact) mass is 305 g/mol. The number of nitriles is 1. The summed E-state index contributed by atoms with van der Waals surface area (Å²) >= 11 is 5.95. The van der Waals surface area contributed by atoms with Crippen molar-refractivity contribution in [1.29, 1.82) is 5.26 Å². The van der Waals surface area contributed by atoms with E-state index in [0.29, 0.717) is 5.92 Å². The average Bonchev–Trinajstić information content (AvgIpc) is 3.01. The van der Waals surface area contributed by atoms with Gasteiger partial charge in [-0.1, -0.05) is 36.6 Å². The van der Waals surface area contributed by atoms with Crippen molar-refractivity contribution in [3.63, 3.8) is 0 Å². The number of hydrogen-bond donors (Lipinski definition) is 2. The molecule has 0 unspecified atom stereocenters. The molecule has 0 aromatic heterocycles. The molecule has 0 aliphatic heterocycles. The van der Waals surface area contributed by atoms with Crippen molar-refractivity contribution < 1.29 is 4.79 Å². The van der Waals surface area contributed by atoms with Crippen LogP contribution in [0.15, 0.2) is 24.3 Å². The first-order valence-electron chi connectivity index (χ1n) is 7.33. The fraction of sp³-hybridized carbons (Fsp3) is 0.500. The molecule has 1 saturated carbocycles. The van der Waals surface area contributed by atoms with Crippen molar-refractivity contribution in [1.82, 2.24) is 10.6 Å². The lowest BCUT2D eigenvalue weighted by Gasteiger charge is -2.25. The third kappa shape index (κ3) is 4.73. The zero-order valence-electron chi connectivity index (χ0n) is 11.9. The van der Waals surface area contributed by atoms with Crippen molar-refractivity contribution >= 4 is 17.5 Å². The summed E-state index contributed by atoms with van der Waals surface area (Å²) in [6.45, 7) is 0.279. The quantitative estimate of drug-likeness (QED) is 0.794. The molecule has 4 nitrogen and oxygen atoms in total. The highest BCUT2D eigenvalue weighted by Crippen LogP contribution is 2.35. The lowest BCUT2D eigenvalue weighted by Crippen LogP contribution is -2.37. The van der Waals surface area contributed by atoms with Gasteiger partial charge in [0.1, 0.15) is 6.54 Å². The molecule has 1 amide bonds. The molecular formula is C16H20ClN3O. The van der Waals surface area contributed by atoms with E-state index >= 15 is 0 Å². The van der Waals surface area contributed by atoms with E-state index in [2.05, 4.69) is 10.6 Å². The third-order valence-electron chi connectivity index (χ3n) is 3.95. The van der Waals surface area contributed by atoms with E-state index in [1.54, 1.807) is 0 Å². The van der Waals surface area contributed by atoms with Gasteiger partial charge in [-0.05, 0) is 36.5 Å². The number of nitrogens with zero attached hydrogens (tertiary/aromatic N) is 1. The van der Waals surface area contributed by atoms with Crippen LogP contribution in [0.2, 0.25) is 5.02 Å². The van der Waals surface area contributed by atoms with Gasteiger partial charge in [0.2, 0.25) is 5.91 Å². The first-order chi connectivity index (χ1) is 10.2. The first-order valence-corrected chi connectivity index (χ1v) is 7.71. The molecule has 0 spiro atoms. The molecule has 0 heterocycles. The minimum absolute atomic E-state index is 0.0511. The lowest BCUT2D eigenvalue weighted by molar-refractivity contribution is -0.120. The summed E-state index contributed by atoms with van der Waals surface area (Å²) in [7, 11) is 0. The van der Waals surface area contributed by atoms with Gasteiger partial charge in [-0.25, -0.2) is 0 Å². The molecular weight excluding hydrogens is 286 g/mol. The number of amides is 1. The van der Waals surface area contributed by atoms with Crippen molar-refractivity contribution in [2.24, 2.45) is 5.92 Å². The highest BCUT2D eigenvalue weighted by Gasteiger charge is 2.26. The zero-order valence-corrected chi connectivity index (χ0v) is 12.7. The maximum absolute atomic E-state index is 11.7. The minimum Gasteiger partial charge on any atom is -0.342 e. The Balaban J connectivity index is 2.00. The van der Waals surface area contributed by atoms with Crippen LogP contribution in [0.25, 0.3) is 0 Å². The number of halogens is 1. The molecule has 112 valence electrons. The smallest absolute Gasteiger partial charge is 0.234 e. The van der Waals surface area contributed by atoms with Gasteiger partial charge >= 0.3 is 0 Å². The highest BCUT2D eigenvalue weighted by molar-refractivity contribution is 6.30. The minimum atomic E-state index is -0.145. The second kappa shape index (κ2) is 8.02. The van der Waals surface area contributed by atoms with Crippen molar-refractivity contribution in [2.45, 2.75) is 31.7 Å². The average molecular weight is 306 g/mol. The summed E-state index contributed by atoms with van der Waals surface area (Å²) in [4.78, 5) is 11.7. The van der Waals surface area contributed by atoms with Crippen LogP contribution in [0.4, 0.5) is 0 Å². The molecule has 1 atom stereocenters. The van der Waals surface area contributed by atoms with Crippen molar-refractivity contribution in [3.8, 4) is 6.07 Å². The molecule has 0 bridgehead atoms. The Bertz CT molecular complexity index is 503. The van der Waals surface area contributed by atoms with Gasteiger partial charge in [0.15, 0.2) is 0 Å². The predicted octanol–water partition coefficient (Wildman–Crippen LogP) is 2.80. The van der Waals surface area contributed by atoms with Crippen LogP contribution in [-0.4, -0.2) is 19.0 Å². The summed E-state index contributed by atoms with van der Waals surface area (Å²) in [5.41, 5.74) is 1.17. The van der Waals surface area contributed by atoms with Crippen LogP contribution in [0, 0.1) is 17.2 Å². The van der Waals surface area contributed by atoms with Crippen LogP contribution in [0.5, 0.6) is 0 Å². The van der Waals surface area contributed by atoms with Gasteiger partial charge in [-0.15, -0.1) is 0 Å². The molecule has 5 heteroatoms. The number of nitrogens with one attached hydrogen (secondary N) is 2. The predicted molar refractivity (Wildman–Crippen MR) is 82.8 cm³/mol. The van der Waals surface area contributed by atoms with Crippen LogP contribution < -0.4 is 10.6 Å². The van der Waals surface area contributed by atoms with Gasteiger partial charge < -0.3 is 10.6 Å². The van der Waals surface area contributed by atoms with Gasteiger partial charge in [0, 0.05) is 11.1 Å². The Kier molecular flexibility index (Phi) is 6.04. The van der Waals surface area contributed by atoms with E-state index < -0.39 is 0 Å². The number of carbonyl (C=O) groups is 1. The van der Waals surface area contributed by atoms with Crippen LogP contribution in [0.3, 0.4) is 0 Å². The second-order valence-electron chi connectivity index (χ2n) is 5.39. The molecule has 21 heavy (non-hydrogen) atoms. The Hall–Kier alpha value is -1.57. The molecule has 0 radical (unpaired) electrons. The Morgan fingerprint density at radius 3 is 2.62 bits per heavy atom.